The first-order valence-corrected chi connectivity index (χ1v) is 5.98. The van der Waals surface area contributed by atoms with Gasteiger partial charge >= 0.3 is 0 Å². The second-order valence-corrected chi connectivity index (χ2v) is 5.43. The summed E-state index contributed by atoms with van der Waals surface area (Å²) in [7, 11) is -1.35. The van der Waals surface area contributed by atoms with Crippen LogP contribution in [0.1, 0.15) is 13.3 Å². The molecule has 5 nitrogen and oxygen atoms in total. The first kappa shape index (κ1) is 12.2. The van der Waals surface area contributed by atoms with E-state index in [2.05, 4.69) is 0 Å². The van der Waals surface area contributed by atoms with Crippen molar-refractivity contribution < 1.29 is 4.21 Å². The molecule has 2 atom stereocenters. The van der Waals surface area contributed by atoms with Crippen LogP contribution in [-0.2, 0) is 10.8 Å². The lowest BCUT2D eigenvalue weighted by molar-refractivity contribution is 0.147. The molecular weight excluding hydrogens is 224 g/mol. The third-order valence-corrected chi connectivity index (χ3v) is 4.71. The first-order valence-electron chi connectivity index (χ1n) is 4.59. The second kappa shape index (κ2) is 3.93. The molecule has 1 saturated carbocycles. The Labute approximate surface area is 96.0 Å². The van der Waals surface area contributed by atoms with Crippen LogP contribution in [0.15, 0.2) is 0 Å². The van der Waals surface area contributed by atoms with Crippen molar-refractivity contribution in [2.45, 2.75) is 18.6 Å². The van der Waals surface area contributed by atoms with Crippen molar-refractivity contribution in [3.63, 3.8) is 0 Å². The largest absolute Gasteiger partial charge is 0.259 e. The fraction of sp³-hybridized carbons (Fsp3) is 0.600. The van der Waals surface area contributed by atoms with Crippen LogP contribution in [0, 0.1) is 56.2 Å². The van der Waals surface area contributed by atoms with Gasteiger partial charge in [-0.25, -0.2) is 0 Å². The zero-order valence-corrected chi connectivity index (χ0v) is 9.41. The van der Waals surface area contributed by atoms with Crippen molar-refractivity contribution in [3.05, 3.63) is 0 Å². The lowest BCUT2D eigenvalue weighted by Crippen LogP contribution is -2.61. The van der Waals surface area contributed by atoms with E-state index in [-0.39, 0.29) is 6.42 Å². The standard InChI is InChI=1S/C10H8N4OS/c1-2-16(15)8-3-9(4-11,5-12)10(8,6-13)7-14/h8H,2-3H2,1H3. The lowest BCUT2D eigenvalue weighted by atomic mass is 9.51. The van der Waals surface area contributed by atoms with Gasteiger partial charge in [-0.1, -0.05) is 6.92 Å². The molecule has 0 aromatic carbocycles. The lowest BCUT2D eigenvalue weighted by Gasteiger charge is -2.47. The SMILES string of the molecule is CCS(=O)C1CC(C#N)(C#N)C1(C#N)C#N. The summed E-state index contributed by atoms with van der Waals surface area (Å²) in [5.74, 6) is 0.308. The Balaban J connectivity index is 3.28. The highest BCUT2D eigenvalue weighted by Crippen LogP contribution is 2.57. The molecule has 0 saturated heterocycles. The zero-order chi connectivity index (χ0) is 12.4. The van der Waals surface area contributed by atoms with Gasteiger partial charge in [-0.3, -0.25) is 4.21 Å². The Morgan fingerprint density at radius 1 is 1.19 bits per heavy atom. The van der Waals surface area contributed by atoms with Gasteiger partial charge in [0, 0.05) is 16.6 Å². The highest BCUT2D eigenvalue weighted by molar-refractivity contribution is 7.85. The first-order chi connectivity index (χ1) is 7.57. The Morgan fingerprint density at radius 2 is 1.69 bits per heavy atom. The molecule has 0 spiro atoms. The van der Waals surface area contributed by atoms with Crippen LogP contribution in [0.2, 0.25) is 0 Å². The van der Waals surface area contributed by atoms with Crippen LogP contribution < -0.4 is 0 Å². The van der Waals surface area contributed by atoms with Crippen LogP contribution >= 0.6 is 0 Å². The van der Waals surface area contributed by atoms with Gasteiger partial charge in [-0.15, -0.1) is 0 Å². The monoisotopic (exact) mass is 232 g/mol. The molecule has 0 aliphatic heterocycles. The van der Waals surface area contributed by atoms with E-state index in [1.807, 2.05) is 0 Å². The van der Waals surface area contributed by atoms with Crippen molar-refractivity contribution in [2.75, 3.05) is 5.75 Å². The van der Waals surface area contributed by atoms with Gasteiger partial charge in [0.05, 0.1) is 29.5 Å². The maximum Gasteiger partial charge on any atom is 0.189 e. The maximum atomic E-state index is 11.6. The molecule has 16 heavy (non-hydrogen) atoms. The molecule has 0 aromatic heterocycles. The average molecular weight is 232 g/mol. The Bertz CT molecular complexity index is 471. The van der Waals surface area contributed by atoms with Crippen molar-refractivity contribution >= 4 is 10.8 Å². The Kier molecular flexibility index (Phi) is 2.99. The molecule has 1 aliphatic rings. The van der Waals surface area contributed by atoms with Gasteiger partial charge in [0.25, 0.3) is 0 Å². The summed E-state index contributed by atoms with van der Waals surface area (Å²) in [6.45, 7) is 1.67. The number of nitriles is 4. The maximum absolute atomic E-state index is 11.6. The second-order valence-electron chi connectivity index (χ2n) is 3.52. The van der Waals surface area contributed by atoms with Crippen LogP contribution in [-0.4, -0.2) is 15.2 Å². The predicted octanol–water partition coefficient (Wildman–Crippen LogP) is 0.594. The topological polar surface area (TPSA) is 112 Å². The molecule has 0 aromatic rings. The van der Waals surface area contributed by atoms with Crippen molar-refractivity contribution in [2.24, 2.45) is 10.8 Å². The number of hydrogen-bond donors (Lipinski definition) is 0. The smallest absolute Gasteiger partial charge is 0.189 e. The molecular formula is C10H8N4OS. The van der Waals surface area contributed by atoms with Crippen LogP contribution in [0.3, 0.4) is 0 Å². The summed E-state index contributed by atoms with van der Waals surface area (Å²) in [6.07, 6.45) is 0.0293. The summed E-state index contributed by atoms with van der Waals surface area (Å²) in [4.78, 5) is 0. The molecule has 0 heterocycles. The molecule has 0 radical (unpaired) electrons. The molecule has 1 rings (SSSR count). The van der Waals surface area contributed by atoms with Gasteiger partial charge in [0.15, 0.2) is 10.8 Å². The molecule has 80 valence electrons. The Hall–Kier alpha value is -1.89. The van der Waals surface area contributed by atoms with Crippen molar-refractivity contribution in [3.8, 4) is 24.3 Å². The Morgan fingerprint density at radius 3 is 2.00 bits per heavy atom. The molecule has 6 heteroatoms. The summed E-state index contributed by atoms with van der Waals surface area (Å²) in [6, 6.07) is 6.90. The number of nitrogens with zero attached hydrogens (tertiary/aromatic N) is 4. The third kappa shape index (κ3) is 1.15. The van der Waals surface area contributed by atoms with Gasteiger partial charge in [0.2, 0.25) is 0 Å². The molecule has 2 unspecified atom stereocenters. The predicted molar refractivity (Wildman–Crippen MR) is 54.4 cm³/mol. The van der Waals surface area contributed by atoms with Crippen LogP contribution in [0.5, 0.6) is 0 Å². The van der Waals surface area contributed by atoms with E-state index in [0.717, 1.165) is 0 Å². The van der Waals surface area contributed by atoms with Crippen LogP contribution in [0.25, 0.3) is 0 Å². The fourth-order valence-corrected chi connectivity index (χ4v) is 3.42. The molecule has 0 N–H and O–H groups in total. The molecule has 0 amide bonds. The van der Waals surface area contributed by atoms with E-state index < -0.39 is 26.9 Å². The minimum Gasteiger partial charge on any atom is -0.259 e. The molecule has 1 fully saturated rings. The van der Waals surface area contributed by atoms with E-state index in [0.29, 0.717) is 5.75 Å². The van der Waals surface area contributed by atoms with Crippen molar-refractivity contribution in [1.82, 2.24) is 0 Å². The summed E-state index contributed by atoms with van der Waals surface area (Å²) < 4.78 is 11.6. The summed E-state index contributed by atoms with van der Waals surface area (Å²) in [5, 5.41) is 35.2. The minimum atomic E-state index is -1.75. The number of hydrogen-bond acceptors (Lipinski definition) is 5. The van der Waals surface area contributed by atoms with E-state index in [9.17, 15) is 4.21 Å². The highest BCUT2D eigenvalue weighted by atomic mass is 32.2. The van der Waals surface area contributed by atoms with E-state index in [4.69, 9.17) is 21.0 Å². The molecule has 1 aliphatic carbocycles. The van der Waals surface area contributed by atoms with Gasteiger partial charge < -0.3 is 0 Å². The third-order valence-electron chi connectivity index (χ3n) is 2.98. The van der Waals surface area contributed by atoms with E-state index in [1.54, 1.807) is 31.2 Å². The summed E-state index contributed by atoms with van der Waals surface area (Å²) in [5.41, 5.74) is -3.39. The van der Waals surface area contributed by atoms with E-state index >= 15 is 0 Å². The van der Waals surface area contributed by atoms with Crippen LogP contribution in [0.4, 0.5) is 0 Å². The normalized spacial score (nSPS) is 25.9. The van der Waals surface area contributed by atoms with E-state index in [1.165, 1.54) is 0 Å². The minimum absolute atomic E-state index is 0.0293. The van der Waals surface area contributed by atoms with Gasteiger partial charge in [-0.05, 0) is 6.42 Å². The number of rotatable bonds is 2. The zero-order valence-electron chi connectivity index (χ0n) is 8.60. The molecule has 0 bridgehead atoms. The fourth-order valence-electron chi connectivity index (χ4n) is 1.88. The van der Waals surface area contributed by atoms with Crippen molar-refractivity contribution in [1.29, 1.82) is 21.0 Å². The highest BCUT2D eigenvalue weighted by Gasteiger charge is 2.71. The van der Waals surface area contributed by atoms with Gasteiger partial charge in [0.1, 0.15) is 0 Å². The summed E-state index contributed by atoms with van der Waals surface area (Å²) >= 11 is 0. The average Bonchev–Trinajstić information content (AvgIpc) is 2.31. The van der Waals surface area contributed by atoms with Gasteiger partial charge in [-0.2, -0.15) is 21.0 Å². The quantitative estimate of drug-likeness (QED) is 0.691.